The minimum Gasteiger partial charge on any atom is -0.450 e. The molecule has 0 aliphatic rings. The average Bonchev–Trinajstić information content (AvgIpc) is 2.49. The van der Waals surface area contributed by atoms with Gasteiger partial charge in [0.15, 0.2) is 16.6 Å². The van der Waals surface area contributed by atoms with E-state index in [1.807, 2.05) is 6.92 Å². The number of hydrogen-bond donors (Lipinski definition) is 1. The predicted molar refractivity (Wildman–Crippen MR) is 114 cm³/mol. The molecule has 0 rings (SSSR count). The number of hydrogen-bond acceptors (Lipinski definition) is 4. The average molecular weight is 408 g/mol. The van der Waals surface area contributed by atoms with Crippen LogP contribution in [0.4, 0.5) is 4.79 Å². The summed E-state index contributed by atoms with van der Waals surface area (Å²) in [4.78, 5) is 11.4. The lowest BCUT2D eigenvalue weighted by Crippen LogP contribution is -2.43. The molecule has 5 nitrogen and oxygen atoms in total. The van der Waals surface area contributed by atoms with Gasteiger partial charge in [0.1, 0.15) is 0 Å². The summed E-state index contributed by atoms with van der Waals surface area (Å²) in [6, 6.07) is 3.17. The summed E-state index contributed by atoms with van der Waals surface area (Å²) >= 11 is 0. The van der Waals surface area contributed by atoms with Crippen LogP contribution < -0.4 is 5.32 Å². The zero-order valence-electron chi connectivity index (χ0n) is 17.8. The van der Waals surface area contributed by atoms with E-state index in [4.69, 9.17) is 13.6 Å². The van der Waals surface area contributed by atoms with Gasteiger partial charge in [0.2, 0.25) is 0 Å². The van der Waals surface area contributed by atoms with Crippen molar-refractivity contribution in [3.63, 3.8) is 0 Å². The number of carbonyl (C=O) groups excluding carboxylic acids is 1. The van der Waals surface area contributed by atoms with Gasteiger partial charge >= 0.3 is 6.09 Å². The van der Waals surface area contributed by atoms with Crippen molar-refractivity contribution in [3.8, 4) is 0 Å². The number of rotatable bonds is 13. The lowest BCUT2D eigenvalue weighted by atomic mass is 10.5. The molecule has 0 saturated heterocycles. The van der Waals surface area contributed by atoms with Gasteiger partial charge in [-0.1, -0.05) is 26.6 Å². The van der Waals surface area contributed by atoms with Crippen LogP contribution in [0.15, 0.2) is 0 Å². The van der Waals surface area contributed by atoms with Gasteiger partial charge in [0, 0.05) is 19.4 Å². The van der Waals surface area contributed by atoms with E-state index < -0.39 is 24.7 Å². The Hall–Kier alpha value is -0.159. The molecule has 0 heterocycles. The zero-order valence-corrected chi connectivity index (χ0v) is 20.8. The minimum atomic E-state index is -1.84. The summed E-state index contributed by atoms with van der Waals surface area (Å²) in [5.41, 5.74) is 0. The second kappa shape index (κ2) is 11.5. The highest BCUT2D eigenvalue weighted by molar-refractivity contribution is 6.78. The molecule has 0 bridgehead atoms. The number of amides is 1. The van der Waals surface area contributed by atoms with Gasteiger partial charge in [-0.3, -0.25) is 0 Å². The van der Waals surface area contributed by atoms with E-state index in [0.29, 0.717) is 13.2 Å². The summed E-state index contributed by atoms with van der Waals surface area (Å²) in [5, 5.41) is 2.65. The quantitative estimate of drug-likeness (QED) is 0.351. The van der Waals surface area contributed by atoms with Crippen LogP contribution in [0.2, 0.25) is 57.4 Å². The Morgan fingerprint density at radius 1 is 0.920 bits per heavy atom. The summed E-state index contributed by atoms with van der Waals surface area (Å²) in [7, 11) is -4.58. The molecule has 0 aliphatic carbocycles. The van der Waals surface area contributed by atoms with Crippen molar-refractivity contribution in [3.05, 3.63) is 0 Å². The first-order valence-electron chi connectivity index (χ1n) is 9.61. The topological polar surface area (TPSA) is 56.8 Å². The van der Waals surface area contributed by atoms with Crippen molar-refractivity contribution in [1.82, 2.24) is 5.32 Å². The number of alkyl carbamates (subject to hydrolysis) is 1. The molecule has 0 saturated carbocycles. The predicted octanol–water partition coefficient (Wildman–Crippen LogP) is 4.83. The second-order valence-electron chi connectivity index (χ2n) is 8.78. The third-order valence-electron chi connectivity index (χ3n) is 4.23. The van der Waals surface area contributed by atoms with Crippen molar-refractivity contribution < 1.29 is 18.4 Å². The molecule has 150 valence electrons. The standard InChI is InChI=1S/C17H41NO4Si3/c1-9-18-17(19)20-12-11-14-25(8,22-16-23(3,4)5)15-13-21-24(6,7)10-2/h9-16H2,1-8H3,(H,18,19). The van der Waals surface area contributed by atoms with Crippen molar-refractivity contribution in [1.29, 1.82) is 0 Å². The van der Waals surface area contributed by atoms with E-state index in [2.05, 4.69) is 51.5 Å². The van der Waals surface area contributed by atoms with E-state index in [-0.39, 0.29) is 6.09 Å². The van der Waals surface area contributed by atoms with Gasteiger partial charge in [0.05, 0.1) is 14.7 Å². The van der Waals surface area contributed by atoms with E-state index in [9.17, 15) is 4.79 Å². The highest BCUT2D eigenvalue weighted by Gasteiger charge is 2.32. The van der Waals surface area contributed by atoms with Crippen molar-refractivity contribution >= 4 is 30.8 Å². The normalized spacial score (nSPS) is 14.9. The Balaban J connectivity index is 4.49. The summed E-state index contributed by atoms with van der Waals surface area (Å²) in [5.74, 6) is 0. The monoisotopic (exact) mass is 407 g/mol. The first-order chi connectivity index (χ1) is 11.4. The van der Waals surface area contributed by atoms with Gasteiger partial charge in [-0.25, -0.2) is 4.79 Å². The van der Waals surface area contributed by atoms with Gasteiger partial charge in [-0.2, -0.15) is 0 Å². The Bertz CT molecular complexity index is 389. The lowest BCUT2D eigenvalue weighted by Gasteiger charge is -2.32. The molecular formula is C17H41NO4Si3. The molecule has 25 heavy (non-hydrogen) atoms. The largest absolute Gasteiger partial charge is 0.450 e. The van der Waals surface area contributed by atoms with Crippen LogP contribution in [0.25, 0.3) is 0 Å². The van der Waals surface area contributed by atoms with E-state index in [0.717, 1.165) is 37.4 Å². The third kappa shape index (κ3) is 13.7. The lowest BCUT2D eigenvalue weighted by molar-refractivity contribution is 0.146. The molecule has 0 spiro atoms. The van der Waals surface area contributed by atoms with Crippen LogP contribution in [0.3, 0.4) is 0 Å². The highest BCUT2D eigenvalue weighted by Crippen LogP contribution is 2.23. The van der Waals surface area contributed by atoms with Crippen LogP contribution >= 0.6 is 0 Å². The molecule has 1 N–H and O–H groups in total. The molecular weight excluding hydrogens is 366 g/mol. The maximum atomic E-state index is 11.4. The fourth-order valence-electron chi connectivity index (χ4n) is 2.11. The Kier molecular flexibility index (Phi) is 11.5. The van der Waals surface area contributed by atoms with Crippen molar-refractivity contribution in [2.75, 3.05) is 26.0 Å². The molecule has 0 aromatic heterocycles. The first kappa shape index (κ1) is 24.8. The Morgan fingerprint density at radius 3 is 2.08 bits per heavy atom. The molecule has 0 radical (unpaired) electrons. The summed E-state index contributed by atoms with van der Waals surface area (Å²) in [6.07, 6.45) is 1.44. The van der Waals surface area contributed by atoms with Crippen LogP contribution in [0, 0.1) is 0 Å². The molecule has 1 atom stereocenters. The maximum absolute atomic E-state index is 11.4. The number of nitrogens with one attached hydrogen (secondary N) is 1. The highest BCUT2D eigenvalue weighted by atomic mass is 28.4. The van der Waals surface area contributed by atoms with Gasteiger partial charge < -0.3 is 18.9 Å². The van der Waals surface area contributed by atoms with Gasteiger partial charge in [0.25, 0.3) is 0 Å². The van der Waals surface area contributed by atoms with E-state index >= 15 is 0 Å². The fraction of sp³-hybridized carbons (Fsp3) is 0.941. The van der Waals surface area contributed by atoms with Crippen LogP contribution in [-0.4, -0.2) is 56.8 Å². The third-order valence-corrected chi connectivity index (χ3v) is 11.7. The fourth-order valence-corrected chi connectivity index (χ4v) is 8.27. The smallest absolute Gasteiger partial charge is 0.407 e. The number of carbonyl (C=O) groups is 1. The first-order valence-corrected chi connectivity index (χ1v) is 19.3. The van der Waals surface area contributed by atoms with Gasteiger partial charge in [-0.15, -0.1) is 0 Å². The minimum absolute atomic E-state index is 0.326. The van der Waals surface area contributed by atoms with Crippen LogP contribution in [-0.2, 0) is 13.6 Å². The van der Waals surface area contributed by atoms with Crippen molar-refractivity contribution in [2.24, 2.45) is 0 Å². The SMILES string of the molecule is CCNC(=O)OCCC[Si](C)(CCO[Si](C)(C)CC)OC[Si](C)(C)C. The summed E-state index contributed by atoms with van der Waals surface area (Å²) < 4.78 is 17.9. The van der Waals surface area contributed by atoms with E-state index in [1.54, 1.807) is 0 Å². The number of ether oxygens (including phenoxy) is 1. The zero-order chi connectivity index (χ0) is 19.6. The van der Waals surface area contributed by atoms with Crippen molar-refractivity contribution in [2.45, 2.75) is 77.7 Å². The molecule has 0 fully saturated rings. The summed E-state index contributed by atoms with van der Waals surface area (Å²) in [6.45, 7) is 19.8. The van der Waals surface area contributed by atoms with Crippen LogP contribution in [0.1, 0.15) is 20.3 Å². The second-order valence-corrected chi connectivity index (χ2v) is 22.9. The molecule has 0 aromatic carbocycles. The maximum Gasteiger partial charge on any atom is 0.407 e. The van der Waals surface area contributed by atoms with Gasteiger partial charge in [-0.05, 0) is 51.1 Å². The van der Waals surface area contributed by atoms with E-state index in [1.165, 1.54) is 0 Å². The Labute approximate surface area is 158 Å². The molecule has 0 aromatic rings. The molecule has 0 aliphatic heterocycles. The molecule has 1 unspecified atom stereocenters. The Morgan fingerprint density at radius 2 is 1.56 bits per heavy atom. The van der Waals surface area contributed by atoms with Crippen LogP contribution in [0.5, 0.6) is 0 Å². The molecule has 8 heteroatoms. The molecule has 1 amide bonds.